The van der Waals surface area contributed by atoms with Gasteiger partial charge in [0, 0.05) is 4.88 Å². The number of nitrogens with one attached hydrogen (secondary N) is 1. The molecule has 0 spiro atoms. The molecular formula is C25H26N2O7S2. The molecular weight excluding hydrogens is 504 g/mol. The lowest BCUT2D eigenvalue weighted by molar-refractivity contribution is -0.127. The number of ether oxygens (including phenoxy) is 3. The number of thiophene rings is 1. The molecule has 2 aromatic rings. The number of carbonyl (C=O) groups is 4. The van der Waals surface area contributed by atoms with Gasteiger partial charge in [0.15, 0.2) is 11.5 Å². The summed E-state index contributed by atoms with van der Waals surface area (Å²) in [6.07, 6.45) is 5.14. The molecule has 36 heavy (non-hydrogen) atoms. The van der Waals surface area contributed by atoms with Gasteiger partial charge in [0.1, 0.15) is 11.5 Å². The zero-order chi connectivity index (χ0) is 25.8. The van der Waals surface area contributed by atoms with Crippen LogP contribution in [0.5, 0.6) is 11.5 Å². The first kappa shape index (κ1) is 25.8. The van der Waals surface area contributed by atoms with Gasteiger partial charge in [-0.3, -0.25) is 19.3 Å². The second-order valence-electron chi connectivity index (χ2n) is 8.07. The second kappa shape index (κ2) is 11.2. The van der Waals surface area contributed by atoms with Crippen LogP contribution in [0, 0.1) is 0 Å². The van der Waals surface area contributed by atoms with E-state index in [1.165, 1.54) is 25.6 Å². The minimum absolute atomic E-state index is 0.193. The number of amides is 3. The monoisotopic (exact) mass is 530 g/mol. The molecule has 0 saturated carbocycles. The lowest BCUT2D eigenvalue weighted by Crippen LogP contribution is -2.36. The van der Waals surface area contributed by atoms with Crippen LogP contribution in [0.15, 0.2) is 23.1 Å². The van der Waals surface area contributed by atoms with Gasteiger partial charge in [-0.25, -0.2) is 4.79 Å². The van der Waals surface area contributed by atoms with Crippen LogP contribution < -0.4 is 14.8 Å². The molecule has 2 heterocycles. The average molecular weight is 531 g/mol. The molecule has 0 unspecified atom stereocenters. The first-order valence-electron chi connectivity index (χ1n) is 11.4. The number of hydrogen-bond donors (Lipinski definition) is 1. The van der Waals surface area contributed by atoms with Gasteiger partial charge >= 0.3 is 5.97 Å². The van der Waals surface area contributed by atoms with Crippen molar-refractivity contribution < 1.29 is 33.4 Å². The van der Waals surface area contributed by atoms with Crippen molar-refractivity contribution in [2.45, 2.75) is 32.6 Å². The fourth-order valence-corrected chi connectivity index (χ4v) is 6.25. The van der Waals surface area contributed by atoms with Gasteiger partial charge in [0.2, 0.25) is 5.91 Å². The molecule has 1 aliphatic heterocycles. The molecule has 1 aliphatic carbocycles. The summed E-state index contributed by atoms with van der Waals surface area (Å²) < 4.78 is 15.7. The number of fused-ring (bicyclic) bond motifs is 1. The standard InChI is InChI=1S/C25H26N2O7S2/c1-4-34-24(30)21-15-7-5-6-8-18(15)35-22(21)26-20(28)13-27-23(29)19(36-25(27)31)12-14-9-10-16(32-2)17(11-14)33-3/h9-12H,4-8,13H2,1-3H3,(H,26,28)/b19-12+. The van der Waals surface area contributed by atoms with E-state index in [0.717, 1.165) is 52.8 Å². The fourth-order valence-electron chi connectivity index (χ4n) is 4.11. The quantitative estimate of drug-likeness (QED) is 0.392. The molecule has 3 amide bonds. The van der Waals surface area contributed by atoms with E-state index in [9.17, 15) is 19.2 Å². The van der Waals surface area contributed by atoms with Gasteiger partial charge in [0.25, 0.3) is 11.1 Å². The molecule has 1 saturated heterocycles. The number of thioether (sulfide) groups is 1. The van der Waals surface area contributed by atoms with E-state index in [2.05, 4.69) is 5.32 Å². The first-order chi connectivity index (χ1) is 17.4. The van der Waals surface area contributed by atoms with Gasteiger partial charge in [-0.15, -0.1) is 11.3 Å². The third-order valence-corrected chi connectivity index (χ3v) is 7.90. The van der Waals surface area contributed by atoms with Crippen LogP contribution in [-0.4, -0.2) is 55.3 Å². The van der Waals surface area contributed by atoms with Crippen molar-refractivity contribution in [3.8, 4) is 11.5 Å². The smallest absolute Gasteiger partial charge is 0.341 e. The highest BCUT2D eigenvalue weighted by Crippen LogP contribution is 2.39. The summed E-state index contributed by atoms with van der Waals surface area (Å²) in [6.45, 7) is 1.49. The number of carbonyl (C=O) groups excluding carboxylic acids is 4. The normalized spacial score (nSPS) is 16.2. The largest absolute Gasteiger partial charge is 0.493 e. The number of aryl methyl sites for hydroxylation is 1. The maximum atomic E-state index is 12.9. The van der Waals surface area contributed by atoms with Crippen LogP contribution in [-0.2, 0) is 27.2 Å². The van der Waals surface area contributed by atoms with Crippen LogP contribution in [0.4, 0.5) is 9.80 Å². The summed E-state index contributed by atoms with van der Waals surface area (Å²) >= 11 is 2.11. The Morgan fingerprint density at radius 1 is 1.11 bits per heavy atom. The minimum Gasteiger partial charge on any atom is -0.493 e. The molecule has 0 atom stereocenters. The average Bonchev–Trinajstić information content (AvgIpc) is 3.35. The van der Waals surface area contributed by atoms with Gasteiger partial charge in [-0.1, -0.05) is 6.07 Å². The number of rotatable bonds is 8. The van der Waals surface area contributed by atoms with Gasteiger partial charge in [-0.2, -0.15) is 0 Å². The third-order valence-electron chi connectivity index (χ3n) is 5.78. The van der Waals surface area contributed by atoms with Crippen molar-refractivity contribution in [1.29, 1.82) is 0 Å². The summed E-state index contributed by atoms with van der Waals surface area (Å²) in [5, 5.41) is 2.60. The molecule has 190 valence electrons. The van der Waals surface area contributed by atoms with Gasteiger partial charge in [0.05, 0.1) is 31.3 Å². The van der Waals surface area contributed by atoms with E-state index in [4.69, 9.17) is 14.2 Å². The number of anilines is 1. The maximum Gasteiger partial charge on any atom is 0.341 e. The Hall–Kier alpha value is -3.31. The molecule has 1 fully saturated rings. The van der Waals surface area contributed by atoms with Crippen molar-refractivity contribution >= 4 is 57.2 Å². The Morgan fingerprint density at radius 2 is 1.86 bits per heavy atom. The van der Waals surface area contributed by atoms with Crippen LogP contribution in [0.25, 0.3) is 6.08 Å². The Morgan fingerprint density at radius 3 is 2.58 bits per heavy atom. The number of hydrogen-bond acceptors (Lipinski definition) is 9. The fraction of sp³-hybridized carbons (Fsp3) is 0.360. The summed E-state index contributed by atoms with van der Waals surface area (Å²) in [7, 11) is 3.03. The van der Waals surface area contributed by atoms with Crippen molar-refractivity contribution in [2.75, 3.05) is 32.7 Å². The first-order valence-corrected chi connectivity index (χ1v) is 13.1. The minimum atomic E-state index is -0.564. The van der Waals surface area contributed by atoms with Gasteiger partial charge < -0.3 is 19.5 Å². The molecule has 1 N–H and O–H groups in total. The molecule has 0 radical (unpaired) electrons. The summed E-state index contributed by atoms with van der Waals surface area (Å²) in [5.74, 6) is -0.575. The molecule has 9 nitrogen and oxygen atoms in total. The zero-order valence-corrected chi connectivity index (χ0v) is 21.8. The van der Waals surface area contributed by atoms with Crippen molar-refractivity contribution in [3.63, 3.8) is 0 Å². The highest BCUT2D eigenvalue weighted by molar-refractivity contribution is 8.18. The second-order valence-corrected chi connectivity index (χ2v) is 10.2. The van der Waals surface area contributed by atoms with Crippen LogP contribution in [0.3, 0.4) is 0 Å². The Kier molecular flexibility index (Phi) is 8.00. The van der Waals surface area contributed by atoms with E-state index < -0.39 is 29.6 Å². The molecule has 0 bridgehead atoms. The highest BCUT2D eigenvalue weighted by atomic mass is 32.2. The van der Waals surface area contributed by atoms with Crippen LogP contribution >= 0.6 is 23.1 Å². The number of esters is 1. The van der Waals surface area contributed by atoms with E-state index in [-0.39, 0.29) is 11.5 Å². The van der Waals surface area contributed by atoms with Crippen LogP contribution in [0.2, 0.25) is 0 Å². The Labute approximate surface area is 216 Å². The third kappa shape index (κ3) is 5.26. The number of methoxy groups -OCH3 is 2. The zero-order valence-electron chi connectivity index (χ0n) is 20.2. The SMILES string of the molecule is CCOC(=O)c1c(NC(=O)CN2C(=O)S/C(=C/c3ccc(OC)c(OC)c3)C2=O)sc2c1CCCC2. The summed E-state index contributed by atoms with van der Waals surface area (Å²) in [6, 6.07) is 5.12. The van der Waals surface area contributed by atoms with Crippen molar-refractivity contribution in [1.82, 2.24) is 4.90 Å². The number of imide groups is 1. The molecule has 1 aromatic carbocycles. The van der Waals surface area contributed by atoms with Crippen LogP contribution in [0.1, 0.15) is 46.1 Å². The van der Waals surface area contributed by atoms with E-state index in [0.29, 0.717) is 27.6 Å². The van der Waals surface area contributed by atoms with E-state index >= 15 is 0 Å². The Balaban J connectivity index is 1.50. The summed E-state index contributed by atoms with van der Waals surface area (Å²) in [4.78, 5) is 53.1. The maximum absolute atomic E-state index is 12.9. The lowest BCUT2D eigenvalue weighted by Gasteiger charge is -2.13. The van der Waals surface area contributed by atoms with E-state index in [1.54, 1.807) is 31.2 Å². The van der Waals surface area contributed by atoms with Crippen molar-refractivity contribution in [3.05, 3.63) is 44.7 Å². The predicted molar refractivity (Wildman–Crippen MR) is 138 cm³/mol. The number of nitrogens with zero attached hydrogens (tertiary/aromatic N) is 1. The molecule has 11 heteroatoms. The van der Waals surface area contributed by atoms with Gasteiger partial charge in [-0.05, 0) is 73.7 Å². The topological polar surface area (TPSA) is 111 Å². The Bertz CT molecular complexity index is 1250. The summed E-state index contributed by atoms with van der Waals surface area (Å²) in [5.41, 5.74) is 1.95. The van der Waals surface area contributed by atoms with Crippen molar-refractivity contribution in [2.24, 2.45) is 0 Å². The molecule has 4 rings (SSSR count). The number of benzene rings is 1. The molecule has 1 aromatic heterocycles. The lowest BCUT2D eigenvalue weighted by atomic mass is 9.95. The highest BCUT2D eigenvalue weighted by Gasteiger charge is 2.37. The molecule has 2 aliphatic rings. The van der Waals surface area contributed by atoms with E-state index in [1.807, 2.05) is 0 Å². The predicted octanol–water partition coefficient (Wildman–Crippen LogP) is 4.50.